The Labute approximate surface area is 153 Å². The number of para-hydroxylation sites is 1. The average molecular weight is 358 g/mol. The molecule has 1 saturated heterocycles. The molecule has 2 aliphatic rings. The molecule has 0 bridgehead atoms. The van der Waals surface area contributed by atoms with E-state index in [1.807, 2.05) is 36.9 Å². The molecule has 0 unspecified atom stereocenters. The summed E-state index contributed by atoms with van der Waals surface area (Å²) < 4.78 is 5.17. The van der Waals surface area contributed by atoms with E-state index in [2.05, 4.69) is 5.32 Å². The van der Waals surface area contributed by atoms with Crippen LogP contribution in [0.5, 0.6) is 0 Å². The molecule has 1 atom stereocenters. The topological polar surface area (TPSA) is 75.7 Å². The van der Waals surface area contributed by atoms with Crippen molar-refractivity contribution in [3.05, 3.63) is 29.3 Å². The number of nitrogens with zero attached hydrogens (tertiary/aromatic N) is 1. The molecule has 6 heteroatoms. The zero-order valence-corrected chi connectivity index (χ0v) is 15.4. The highest BCUT2D eigenvalue weighted by Gasteiger charge is 2.39. The second-order valence-electron chi connectivity index (χ2n) is 7.31. The predicted octanol–water partition coefficient (Wildman–Crippen LogP) is 2.58. The van der Waals surface area contributed by atoms with Crippen LogP contribution in [0.3, 0.4) is 0 Å². The first-order chi connectivity index (χ1) is 12.5. The number of likely N-dealkylation sites (tertiary alicyclic amines) is 1. The van der Waals surface area contributed by atoms with Crippen molar-refractivity contribution in [2.75, 3.05) is 18.5 Å². The number of anilines is 1. The van der Waals surface area contributed by atoms with Crippen LogP contribution in [0, 0.1) is 19.8 Å². The number of carbonyl (C=O) groups excluding carboxylic acids is 3. The van der Waals surface area contributed by atoms with Crippen LogP contribution in [0.15, 0.2) is 18.2 Å². The minimum absolute atomic E-state index is 0.0267. The molecule has 26 heavy (non-hydrogen) atoms. The standard InChI is InChI=1S/C20H26N2O4/c1-13-6-5-7-14(2)19(13)21-17(23)12-26-20(25)15-10-18(24)22(11-15)16-8-3-4-9-16/h5-7,15-16H,3-4,8-12H2,1-2H3,(H,21,23)/t15-/m1/s1. The molecule has 0 spiro atoms. The van der Waals surface area contributed by atoms with Crippen molar-refractivity contribution in [3.8, 4) is 0 Å². The molecule has 1 aliphatic heterocycles. The van der Waals surface area contributed by atoms with Crippen LogP contribution in [0.25, 0.3) is 0 Å². The van der Waals surface area contributed by atoms with Gasteiger partial charge in [-0.05, 0) is 37.8 Å². The van der Waals surface area contributed by atoms with E-state index < -0.39 is 11.9 Å². The molecular weight excluding hydrogens is 332 g/mol. The SMILES string of the molecule is Cc1cccc(C)c1NC(=O)COC(=O)[C@@H]1CC(=O)N(C2CCCC2)C1. The lowest BCUT2D eigenvalue weighted by atomic mass is 10.1. The van der Waals surface area contributed by atoms with Gasteiger partial charge in [-0.1, -0.05) is 31.0 Å². The van der Waals surface area contributed by atoms with E-state index >= 15 is 0 Å². The fourth-order valence-electron chi connectivity index (χ4n) is 3.90. The van der Waals surface area contributed by atoms with Crippen LogP contribution in [0.4, 0.5) is 5.69 Å². The second kappa shape index (κ2) is 7.89. The minimum atomic E-state index is -0.462. The summed E-state index contributed by atoms with van der Waals surface area (Å²) in [7, 11) is 0. The van der Waals surface area contributed by atoms with Gasteiger partial charge in [0.05, 0.1) is 5.92 Å². The lowest BCUT2D eigenvalue weighted by molar-refractivity contribution is -0.151. The van der Waals surface area contributed by atoms with Crippen molar-refractivity contribution in [2.45, 2.75) is 52.0 Å². The number of hydrogen-bond donors (Lipinski definition) is 1. The Bertz CT molecular complexity index is 690. The van der Waals surface area contributed by atoms with Gasteiger partial charge < -0.3 is 15.0 Å². The van der Waals surface area contributed by atoms with Gasteiger partial charge in [0.15, 0.2) is 6.61 Å². The quantitative estimate of drug-likeness (QED) is 0.821. The summed E-state index contributed by atoms with van der Waals surface area (Å²) in [6.07, 6.45) is 4.51. The number of aryl methyl sites for hydroxylation is 2. The van der Waals surface area contributed by atoms with Crippen molar-refractivity contribution in [1.82, 2.24) is 4.90 Å². The molecule has 6 nitrogen and oxygen atoms in total. The Balaban J connectivity index is 1.49. The molecule has 2 fully saturated rings. The number of hydrogen-bond acceptors (Lipinski definition) is 4. The molecule has 3 rings (SSSR count). The highest BCUT2D eigenvalue weighted by atomic mass is 16.5. The molecule has 0 radical (unpaired) electrons. The van der Waals surface area contributed by atoms with Gasteiger partial charge >= 0.3 is 5.97 Å². The summed E-state index contributed by atoms with van der Waals surface area (Å²) in [6, 6.07) is 6.02. The van der Waals surface area contributed by atoms with Crippen LogP contribution in [-0.4, -0.2) is 41.9 Å². The van der Waals surface area contributed by atoms with E-state index in [4.69, 9.17) is 4.74 Å². The molecule has 0 aromatic heterocycles. The Hall–Kier alpha value is -2.37. The van der Waals surface area contributed by atoms with Crippen LogP contribution in [0.1, 0.15) is 43.2 Å². The largest absolute Gasteiger partial charge is 0.455 e. The summed E-state index contributed by atoms with van der Waals surface area (Å²) in [4.78, 5) is 38.4. The van der Waals surface area contributed by atoms with Crippen molar-refractivity contribution in [1.29, 1.82) is 0 Å². The predicted molar refractivity (Wildman–Crippen MR) is 97.6 cm³/mol. The molecule has 1 heterocycles. The van der Waals surface area contributed by atoms with Crippen molar-refractivity contribution in [2.24, 2.45) is 5.92 Å². The van der Waals surface area contributed by atoms with E-state index in [1.165, 1.54) is 0 Å². The number of esters is 1. The van der Waals surface area contributed by atoms with Crippen molar-refractivity contribution < 1.29 is 19.1 Å². The Morgan fingerprint density at radius 1 is 1.19 bits per heavy atom. The maximum Gasteiger partial charge on any atom is 0.311 e. The van der Waals surface area contributed by atoms with Gasteiger partial charge in [0.25, 0.3) is 5.91 Å². The van der Waals surface area contributed by atoms with Gasteiger partial charge in [-0.25, -0.2) is 0 Å². The number of carbonyl (C=O) groups is 3. The molecule has 1 aromatic carbocycles. The van der Waals surface area contributed by atoms with E-state index in [1.54, 1.807) is 0 Å². The fraction of sp³-hybridized carbons (Fsp3) is 0.550. The monoisotopic (exact) mass is 358 g/mol. The smallest absolute Gasteiger partial charge is 0.311 e. The number of rotatable bonds is 5. The number of benzene rings is 1. The lowest BCUT2D eigenvalue weighted by Crippen LogP contribution is -2.35. The molecule has 1 aliphatic carbocycles. The summed E-state index contributed by atoms with van der Waals surface area (Å²) in [6.45, 7) is 3.91. The maximum absolute atomic E-state index is 12.3. The maximum atomic E-state index is 12.3. The summed E-state index contributed by atoms with van der Waals surface area (Å²) in [5.74, 6) is -1.27. The Kier molecular flexibility index (Phi) is 5.59. The van der Waals surface area contributed by atoms with E-state index in [9.17, 15) is 14.4 Å². The van der Waals surface area contributed by atoms with Gasteiger partial charge in [0, 0.05) is 24.7 Å². The summed E-state index contributed by atoms with van der Waals surface area (Å²) in [5, 5.41) is 2.79. The molecule has 1 N–H and O–H groups in total. The third kappa shape index (κ3) is 4.06. The second-order valence-corrected chi connectivity index (χ2v) is 7.31. The fourth-order valence-corrected chi connectivity index (χ4v) is 3.90. The van der Waals surface area contributed by atoms with Crippen LogP contribution < -0.4 is 5.32 Å². The zero-order valence-electron chi connectivity index (χ0n) is 15.4. The van der Waals surface area contributed by atoms with Gasteiger partial charge in [0.1, 0.15) is 0 Å². The van der Waals surface area contributed by atoms with Gasteiger partial charge in [0.2, 0.25) is 5.91 Å². The van der Waals surface area contributed by atoms with E-state index in [0.717, 1.165) is 42.5 Å². The zero-order chi connectivity index (χ0) is 18.7. The molecular formula is C20H26N2O4. The first-order valence-corrected chi connectivity index (χ1v) is 9.28. The first-order valence-electron chi connectivity index (χ1n) is 9.28. The van der Waals surface area contributed by atoms with Crippen LogP contribution in [0.2, 0.25) is 0 Å². The molecule has 1 aromatic rings. The summed E-state index contributed by atoms with van der Waals surface area (Å²) >= 11 is 0. The highest BCUT2D eigenvalue weighted by Crippen LogP contribution is 2.29. The third-order valence-corrected chi connectivity index (χ3v) is 5.35. The van der Waals surface area contributed by atoms with E-state index in [0.29, 0.717) is 6.54 Å². The van der Waals surface area contributed by atoms with Crippen molar-refractivity contribution in [3.63, 3.8) is 0 Å². The van der Waals surface area contributed by atoms with E-state index in [-0.39, 0.29) is 30.9 Å². The molecule has 1 saturated carbocycles. The van der Waals surface area contributed by atoms with Crippen molar-refractivity contribution >= 4 is 23.5 Å². The molecule has 2 amide bonds. The average Bonchev–Trinajstić information content (AvgIpc) is 3.25. The normalized spacial score (nSPS) is 20.5. The van der Waals surface area contributed by atoms with Crippen LogP contribution in [-0.2, 0) is 19.1 Å². The number of nitrogens with one attached hydrogen (secondary N) is 1. The van der Waals surface area contributed by atoms with Gasteiger partial charge in [-0.15, -0.1) is 0 Å². The number of amides is 2. The Morgan fingerprint density at radius 2 is 1.85 bits per heavy atom. The lowest BCUT2D eigenvalue weighted by Gasteiger charge is -2.23. The number of ether oxygens (including phenoxy) is 1. The molecule has 140 valence electrons. The van der Waals surface area contributed by atoms with Gasteiger partial charge in [-0.3, -0.25) is 14.4 Å². The summed E-state index contributed by atoms with van der Waals surface area (Å²) in [5.41, 5.74) is 2.66. The van der Waals surface area contributed by atoms with Crippen LogP contribution >= 0.6 is 0 Å². The third-order valence-electron chi connectivity index (χ3n) is 5.35. The Morgan fingerprint density at radius 3 is 2.50 bits per heavy atom. The van der Waals surface area contributed by atoms with Gasteiger partial charge in [-0.2, -0.15) is 0 Å². The highest BCUT2D eigenvalue weighted by molar-refractivity contribution is 5.95. The first kappa shape index (κ1) is 18.4. The minimum Gasteiger partial charge on any atom is -0.455 e.